The maximum atomic E-state index is 12.8. The summed E-state index contributed by atoms with van der Waals surface area (Å²) in [6.45, 7) is 0. The third kappa shape index (κ3) is 3.18. The highest BCUT2D eigenvalue weighted by atomic mass is 32.2. The van der Waals surface area contributed by atoms with Crippen molar-refractivity contribution in [1.29, 1.82) is 0 Å². The van der Waals surface area contributed by atoms with Crippen LogP contribution in [0.5, 0.6) is 0 Å². The van der Waals surface area contributed by atoms with E-state index < -0.39 is 9.84 Å². The van der Waals surface area contributed by atoms with E-state index in [4.69, 9.17) is 0 Å². The maximum Gasteiger partial charge on any atom is 0.182 e. The van der Waals surface area contributed by atoms with Gasteiger partial charge < -0.3 is 0 Å². The first-order valence-corrected chi connectivity index (χ1v) is 9.18. The minimum atomic E-state index is -3.28. The lowest BCUT2D eigenvalue weighted by atomic mass is 9.98. The minimum absolute atomic E-state index is 0.0809. The Morgan fingerprint density at radius 3 is 2.19 bits per heavy atom. The van der Waals surface area contributed by atoms with Gasteiger partial charge in [-0.2, -0.15) is 0 Å². The van der Waals surface area contributed by atoms with Crippen molar-refractivity contribution in [2.24, 2.45) is 0 Å². The highest BCUT2D eigenvalue weighted by Crippen LogP contribution is 2.37. The van der Waals surface area contributed by atoms with Gasteiger partial charge in [0, 0.05) is 0 Å². The topological polar surface area (TPSA) is 34.1 Å². The molecule has 1 aliphatic rings. The van der Waals surface area contributed by atoms with Crippen LogP contribution in [0.1, 0.15) is 42.7 Å². The van der Waals surface area contributed by atoms with Crippen LogP contribution < -0.4 is 0 Å². The van der Waals surface area contributed by atoms with Crippen LogP contribution in [0, 0.1) is 0 Å². The molecule has 0 radical (unpaired) electrons. The number of benzene rings is 2. The van der Waals surface area contributed by atoms with Gasteiger partial charge in [0.2, 0.25) is 0 Å². The molecule has 0 saturated heterocycles. The Bertz CT molecular complexity index is 699. The Labute approximate surface area is 126 Å². The number of sulfone groups is 1. The number of hydrogen-bond donors (Lipinski definition) is 0. The van der Waals surface area contributed by atoms with Gasteiger partial charge in [-0.1, -0.05) is 61.4 Å². The Kier molecular flexibility index (Phi) is 4.11. The summed E-state index contributed by atoms with van der Waals surface area (Å²) in [5, 5.41) is 0. The lowest BCUT2D eigenvalue weighted by Crippen LogP contribution is -2.09. The second-order valence-electron chi connectivity index (χ2n) is 5.76. The van der Waals surface area contributed by atoms with Gasteiger partial charge in [-0.25, -0.2) is 8.42 Å². The third-order valence-corrected chi connectivity index (χ3v) is 6.00. The fourth-order valence-electron chi connectivity index (χ4n) is 3.21. The van der Waals surface area contributed by atoms with Crippen LogP contribution in [-0.4, -0.2) is 8.42 Å². The van der Waals surface area contributed by atoms with E-state index >= 15 is 0 Å². The van der Waals surface area contributed by atoms with Crippen LogP contribution in [0.15, 0.2) is 59.5 Å². The second-order valence-corrected chi connectivity index (χ2v) is 7.72. The minimum Gasteiger partial charge on any atom is -0.223 e. The fraction of sp³-hybridized carbons (Fsp3) is 0.333. The Hall–Kier alpha value is -1.61. The van der Waals surface area contributed by atoms with Crippen LogP contribution in [0.3, 0.4) is 0 Å². The Morgan fingerprint density at radius 2 is 1.48 bits per heavy atom. The molecule has 0 heterocycles. The smallest absolute Gasteiger partial charge is 0.182 e. The molecule has 0 unspecified atom stereocenters. The lowest BCUT2D eigenvalue weighted by molar-refractivity contribution is 0.591. The molecule has 1 aliphatic carbocycles. The van der Waals surface area contributed by atoms with Crippen molar-refractivity contribution in [1.82, 2.24) is 0 Å². The maximum absolute atomic E-state index is 12.8. The zero-order chi connectivity index (χ0) is 14.7. The summed E-state index contributed by atoms with van der Waals surface area (Å²) >= 11 is 0. The summed E-state index contributed by atoms with van der Waals surface area (Å²) in [6, 6.07) is 17.0. The van der Waals surface area contributed by atoms with Crippen molar-refractivity contribution in [2.45, 2.75) is 42.2 Å². The van der Waals surface area contributed by atoms with Crippen molar-refractivity contribution >= 4 is 9.84 Å². The van der Waals surface area contributed by atoms with E-state index in [2.05, 4.69) is 0 Å². The van der Waals surface area contributed by atoms with Gasteiger partial charge in [0.25, 0.3) is 0 Å². The second kappa shape index (κ2) is 6.02. The van der Waals surface area contributed by atoms with Crippen LogP contribution in [0.25, 0.3) is 0 Å². The molecule has 0 aliphatic heterocycles. The van der Waals surface area contributed by atoms with Crippen molar-refractivity contribution in [3.63, 3.8) is 0 Å². The zero-order valence-electron chi connectivity index (χ0n) is 12.0. The van der Waals surface area contributed by atoms with E-state index in [-0.39, 0.29) is 5.75 Å². The third-order valence-electron chi connectivity index (χ3n) is 4.25. The van der Waals surface area contributed by atoms with Crippen LogP contribution in [-0.2, 0) is 15.6 Å². The normalized spacial score (nSPS) is 16.2. The van der Waals surface area contributed by atoms with E-state index in [9.17, 15) is 8.42 Å². The monoisotopic (exact) mass is 300 g/mol. The fourth-order valence-corrected chi connectivity index (χ4v) is 4.88. The Balaban J connectivity index is 1.95. The van der Waals surface area contributed by atoms with Crippen molar-refractivity contribution in [3.05, 3.63) is 65.7 Å². The van der Waals surface area contributed by atoms with Crippen molar-refractivity contribution in [2.75, 3.05) is 0 Å². The first kappa shape index (κ1) is 14.3. The molecule has 1 fully saturated rings. The largest absolute Gasteiger partial charge is 0.223 e. The first-order valence-electron chi connectivity index (χ1n) is 7.52. The highest BCUT2D eigenvalue weighted by molar-refractivity contribution is 7.90. The van der Waals surface area contributed by atoms with Gasteiger partial charge in [0.1, 0.15) is 0 Å². The summed E-state index contributed by atoms with van der Waals surface area (Å²) in [5.74, 6) is 0.490. The van der Waals surface area contributed by atoms with Crippen molar-refractivity contribution in [3.8, 4) is 0 Å². The van der Waals surface area contributed by atoms with E-state index in [0.717, 1.165) is 24.0 Å². The van der Waals surface area contributed by atoms with E-state index in [1.54, 1.807) is 6.07 Å². The molecule has 3 heteroatoms. The van der Waals surface area contributed by atoms with Crippen LogP contribution in [0.2, 0.25) is 0 Å². The first-order chi connectivity index (χ1) is 10.2. The lowest BCUT2D eigenvalue weighted by Gasteiger charge is -2.15. The SMILES string of the molecule is O=S(=O)(Cc1ccccc1)c1ccccc1C1CCCC1. The van der Waals surface area contributed by atoms with Gasteiger partial charge >= 0.3 is 0 Å². The molecule has 21 heavy (non-hydrogen) atoms. The summed E-state index contributed by atoms with van der Waals surface area (Å²) in [4.78, 5) is 0.528. The molecule has 0 aromatic heterocycles. The van der Waals surface area contributed by atoms with Crippen LogP contribution >= 0.6 is 0 Å². The Morgan fingerprint density at radius 1 is 0.857 bits per heavy atom. The molecule has 2 aromatic rings. The highest BCUT2D eigenvalue weighted by Gasteiger charge is 2.25. The average molecular weight is 300 g/mol. The molecular formula is C18H20O2S. The molecule has 0 spiro atoms. The number of rotatable bonds is 4. The molecule has 110 valence electrons. The molecule has 0 bridgehead atoms. The quantitative estimate of drug-likeness (QED) is 0.842. The molecular weight excluding hydrogens is 280 g/mol. The van der Waals surface area contributed by atoms with E-state index in [1.165, 1.54) is 12.8 Å². The van der Waals surface area contributed by atoms with Gasteiger partial charge in [-0.3, -0.25) is 0 Å². The van der Waals surface area contributed by atoms with Gasteiger partial charge in [0.15, 0.2) is 9.84 Å². The van der Waals surface area contributed by atoms with E-state index in [1.807, 2.05) is 48.5 Å². The summed E-state index contributed by atoms with van der Waals surface area (Å²) in [6.07, 6.45) is 4.63. The average Bonchev–Trinajstić information content (AvgIpc) is 3.02. The number of hydrogen-bond acceptors (Lipinski definition) is 2. The molecule has 0 amide bonds. The molecule has 2 aromatic carbocycles. The predicted octanol–water partition coefficient (Wildman–Crippen LogP) is 4.32. The van der Waals surface area contributed by atoms with Gasteiger partial charge in [-0.15, -0.1) is 0 Å². The predicted molar refractivity (Wildman–Crippen MR) is 85.0 cm³/mol. The van der Waals surface area contributed by atoms with E-state index in [0.29, 0.717) is 10.8 Å². The van der Waals surface area contributed by atoms with Gasteiger partial charge in [0.05, 0.1) is 10.6 Å². The van der Waals surface area contributed by atoms with Crippen LogP contribution in [0.4, 0.5) is 0 Å². The summed E-state index contributed by atoms with van der Waals surface area (Å²) < 4.78 is 25.6. The standard InChI is InChI=1S/C18H20O2S/c19-21(20,14-15-8-2-1-3-9-15)18-13-7-6-12-17(18)16-10-4-5-11-16/h1-3,6-9,12-13,16H,4-5,10-11,14H2. The summed E-state index contributed by atoms with van der Waals surface area (Å²) in [7, 11) is -3.28. The van der Waals surface area contributed by atoms with Gasteiger partial charge in [-0.05, 0) is 36.0 Å². The molecule has 0 N–H and O–H groups in total. The molecule has 1 saturated carbocycles. The zero-order valence-corrected chi connectivity index (χ0v) is 12.9. The molecule has 0 atom stereocenters. The molecule has 3 rings (SSSR count). The van der Waals surface area contributed by atoms with Crippen molar-refractivity contribution < 1.29 is 8.42 Å². The molecule has 2 nitrogen and oxygen atoms in total. The summed E-state index contributed by atoms with van der Waals surface area (Å²) in [5.41, 5.74) is 1.87.